The lowest BCUT2D eigenvalue weighted by Crippen LogP contribution is -2.42. The van der Waals surface area contributed by atoms with E-state index in [1.54, 1.807) is 6.26 Å². The molecule has 1 N–H and O–H groups in total. The quantitative estimate of drug-likeness (QED) is 0.646. The van der Waals surface area contributed by atoms with Gasteiger partial charge in [0.05, 0.1) is 25.5 Å². The van der Waals surface area contributed by atoms with Crippen molar-refractivity contribution in [2.45, 2.75) is 38.6 Å². The van der Waals surface area contributed by atoms with Gasteiger partial charge in [0.2, 0.25) is 0 Å². The van der Waals surface area contributed by atoms with Crippen LogP contribution < -0.4 is 5.32 Å². The summed E-state index contributed by atoms with van der Waals surface area (Å²) in [6, 6.07) is 4.32. The lowest BCUT2D eigenvalue weighted by molar-refractivity contribution is 0.156. The first kappa shape index (κ1) is 17.9. The smallest absolute Gasteiger partial charge is 0.194 e. The Morgan fingerprint density at radius 3 is 2.88 bits per heavy atom. The zero-order chi connectivity index (χ0) is 17.8. The maximum absolute atomic E-state index is 5.74. The Balaban J connectivity index is 1.47. The third-order valence-corrected chi connectivity index (χ3v) is 6.12. The number of guanidine groups is 1. The summed E-state index contributed by atoms with van der Waals surface area (Å²) in [5, 5.41) is 3.51. The van der Waals surface area contributed by atoms with E-state index in [1.807, 2.05) is 6.07 Å². The fourth-order valence-corrected chi connectivity index (χ4v) is 4.61. The molecule has 6 nitrogen and oxygen atoms in total. The predicted octanol–water partition coefficient (Wildman–Crippen LogP) is 2.49. The highest BCUT2D eigenvalue weighted by atomic mass is 16.5. The van der Waals surface area contributed by atoms with Crippen LogP contribution in [0.2, 0.25) is 0 Å². The van der Waals surface area contributed by atoms with Crippen LogP contribution >= 0.6 is 0 Å². The molecule has 6 heteroatoms. The molecule has 0 aromatic carbocycles. The Bertz CT molecular complexity index is 589. The van der Waals surface area contributed by atoms with Crippen molar-refractivity contribution in [3.05, 3.63) is 24.2 Å². The highest BCUT2D eigenvalue weighted by molar-refractivity contribution is 5.80. The first-order valence-electron chi connectivity index (χ1n) is 10.2. The van der Waals surface area contributed by atoms with Gasteiger partial charge in [0.1, 0.15) is 5.76 Å². The fourth-order valence-electron chi connectivity index (χ4n) is 4.61. The highest BCUT2D eigenvalue weighted by Crippen LogP contribution is 2.38. The van der Waals surface area contributed by atoms with Gasteiger partial charge in [-0.1, -0.05) is 0 Å². The van der Waals surface area contributed by atoms with E-state index in [9.17, 15) is 0 Å². The molecule has 0 amide bonds. The van der Waals surface area contributed by atoms with Crippen LogP contribution in [0.4, 0.5) is 0 Å². The van der Waals surface area contributed by atoms with Gasteiger partial charge in [-0.3, -0.25) is 9.89 Å². The van der Waals surface area contributed by atoms with E-state index >= 15 is 0 Å². The largest absolute Gasteiger partial charge is 0.468 e. The van der Waals surface area contributed by atoms with Crippen molar-refractivity contribution < 1.29 is 9.15 Å². The van der Waals surface area contributed by atoms with Gasteiger partial charge in [0, 0.05) is 31.7 Å². The molecule has 0 bridgehead atoms. The second kappa shape index (κ2) is 8.01. The summed E-state index contributed by atoms with van der Waals surface area (Å²) in [6.45, 7) is 10.0. The number of hydrogen-bond donors (Lipinski definition) is 1. The van der Waals surface area contributed by atoms with Gasteiger partial charge in [0.15, 0.2) is 5.96 Å². The number of rotatable bonds is 5. The Morgan fingerprint density at radius 1 is 1.31 bits per heavy atom. The second-order valence-electron chi connectivity index (χ2n) is 7.94. The van der Waals surface area contributed by atoms with Gasteiger partial charge >= 0.3 is 0 Å². The Kier molecular flexibility index (Phi) is 5.50. The van der Waals surface area contributed by atoms with E-state index in [0.717, 1.165) is 64.2 Å². The summed E-state index contributed by atoms with van der Waals surface area (Å²) in [6.07, 6.45) is 6.72. The summed E-state index contributed by atoms with van der Waals surface area (Å²) >= 11 is 0. The van der Waals surface area contributed by atoms with Crippen molar-refractivity contribution in [1.82, 2.24) is 15.1 Å². The molecule has 3 fully saturated rings. The number of nitrogens with one attached hydrogen (secondary N) is 1. The zero-order valence-corrected chi connectivity index (χ0v) is 16.0. The number of hydrogen-bond acceptors (Lipinski definition) is 4. The van der Waals surface area contributed by atoms with Crippen molar-refractivity contribution in [3.8, 4) is 0 Å². The van der Waals surface area contributed by atoms with Crippen molar-refractivity contribution >= 4 is 5.96 Å². The highest BCUT2D eigenvalue weighted by Gasteiger charge is 2.42. The number of likely N-dealkylation sites (tertiary alicyclic amines) is 2. The number of furan rings is 1. The first-order chi connectivity index (χ1) is 12.8. The van der Waals surface area contributed by atoms with Gasteiger partial charge in [-0.05, 0) is 57.8 Å². The molecule has 2 unspecified atom stereocenters. The fraction of sp³-hybridized carbons (Fsp3) is 0.750. The van der Waals surface area contributed by atoms with Crippen LogP contribution in [-0.4, -0.2) is 68.2 Å². The summed E-state index contributed by atoms with van der Waals surface area (Å²) in [5.41, 5.74) is 0.353. The van der Waals surface area contributed by atoms with E-state index in [1.165, 1.54) is 25.7 Å². The molecule has 1 spiro atoms. The number of ether oxygens (including phenoxy) is 1. The molecule has 0 aliphatic carbocycles. The molecule has 4 heterocycles. The zero-order valence-electron chi connectivity index (χ0n) is 16.0. The van der Waals surface area contributed by atoms with E-state index in [4.69, 9.17) is 14.1 Å². The predicted molar refractivity (Wildman–Crippen MR) is 102 cm³/mol. The Labute approximate surface area is 156 Å². The second-order valence-corrected chi connectivity index (χ2v) is 7.94. The van der Waals surface area contributed by atoms with Gasteiger partial charge in [-0.15, -0.1) is 0 Å². The lowest BCUT2D eigenvalue weighted by atomic mass is 9.87. The van der Waals surface area contributed by atoms with Crippen molar-refractivity contribution in [3.63, 3.8) is 0 Å². The van der Waals surface area contributed by atoms with Crippen molar-refractivity contribution in [1.29, 1.82) is 0 Å². The van der Waals surface area contributed by atoms with Crippen LogP contribution in [0.25, 0.3) is 0 Å². The standard InChI is InChI=1S/C20H32N4O2/c1-2-21-19(24-11-7-20(15-24)8-13-25-16-20)22-14-17(18-6-5-12-26-18)23-9-3-4-10-23/h5-6,12,17H,2-4,7-11,13-16H2,1H3,(H,21,22). The molecule has 4 rings (SSSR count). The van der Waals surface area contributed by atoms with Crippen LogP contribution in [0.3, 0.4) is 0 Å². The van der Waals surface area contributed by atoms with Crippen LogP contribution in [0.5, 0.6) is 0 Å². The van der Waals surface area contributed by atoms with Gasteiger partial charge in [-0.2, -0.15) is 0 Å². The van der Waals surface area contributed by atoms with Crippen LogP contribution in [0, 0.1) is 5.41 Å². The minimum absolute atomic E-state index is 0.243. The summed E-state index contributed by atoms with van der Waals surface area (Å²) in [7, 11) is 0. The van der Waals surface area contributed by atoms with Crippen LogP contribution in [0.1, 0.15) is 44.4 Å². The van der Waals surface area contributed by atoms with E-state index in [2.05, 4.69) is 28.1 Å². The maximum Gasteiger partial charge on any atom is 0.194 e. The third kappa shape index (κ3) is 3.76. The van der Waals surface area contributed by atoms with Crippen molar-refractivity contribution in [2.24, 2.45) is 10.4 Å². The van der Waals surface area contributed by atoms with Crippen LogP contribution in [0.15, 0.2) is 27.8 Å². The molecule has 0 radical (unpaired) electrons. The summed E-state index contributed by atoms with van der Waals surface area (Å²) in [4.78, 5) is 9.99. The summed E-state index contributed by atoms with van der Waals surface area (Å²) in [5.74, 6) is 2.08. The Morgan fingerprint density at radius 2 is 2.19 bits per heavy atom. The molecule has 2 atom stereocenters. The monoisotopic (exact) mass is 360 g/mol. The SMILES string of the molecule is CCNC(=NCC(c1ccco1)N1CCCC1)N1CCC2(CCOC2)C1. The topological polar surface area (TPSA) is 53.2 Å². The minimum atomic E-state index is 0.243. The minimum Gasteiger partial charge on any atom is -0.468 e. The molecule has 1 aromatic rings. The van der Waals surface area contributed by atoms with Crippen LogP contribution in [-0.2, 0) is 4.74 Å². The van der Waals surface area contributed by atoms with Gasteiger partial charge in [0.25, 0.3) is 0 Å². The average Bonchev–Trinajstić information content (AvgIpc) is 3.45. The lowest BCUT2D eigenvalue weighted by Gasteiger charge is -2.27. The third-order valence-electron chi connectivity index (χ3n) is 6.12. The molecule has 3 aliphatic heterocycles. The summed E-state index contributed by atoms with van der Waals surface area (Å²) < 4.78 is 11.4. The maximum atomic E-state index is 5.74. The molecule has 1 aromatic heterocycles. The molecule has 3 saturated heterocycles. The normalized spacial score (nSPS) is 28.3. The average molecular weight is 361 g/mol. The van der Waals surface area contributed by atoms with E-state index < -0.39 is 0 Å². The number of aliphatic imine (C=N–C) groups is 1. The molecular formula is C20H32N4O2. The van der Waals surface area contributed by atoms with E-state index in [0.29, 0.717) is 5.41 Å². The molecule has 0 saturated carbocycles. The molecule has 26 heavy (non-hydrogen) atoms. The Hall–Kier alpha value is -1.53. The molecular weight excluding hydrogens is 328 g/mol. The van der Waals surface area contributed by atoms with Gasteiger partial charge < -0.3 is 19.4 Å². The van der Waals surface area contributed by atoms with E-state index in [-0.39, 0.29) is 6.04 Å². The number of nitrogens with zero attached hydrogens (tertiary/aromatic N) is 3. The first-order valence-corrected chi connectivity index (χ1v) is 10.2. The van der Waals surface area contributed by atoms with Crippen molar-refractivity contribution in [2.75, 3.05) is 52.5 Å². The molecule has 144 valence electrons. The molecule has 3 aliphatic rings. The van der Waals surface area contributed by atoms with Gasteiger partial charge in [-0.25, -0.2) is 0 Å².